The van der Waals surface area contributed by atoms with Crippen LogP contribution in [0.3, 0.4) is 0 Å². The standard InChI is InChI=1S/C17H28N2S/c1-14-6-2-3-11-19(14)12-5-10-18-16-7-4-8-17-15(16)9-13-20-17/h9,13-14,16,18H,2-8,10-12H2,1H3. The first-order valence-electron chi connectivity index (χ1n) is 8.38. The van der Waals surface area contributed by atoms with Gasteiger partial charge in [-0.05, 0) is 82.1 Å². The largest absolute Gasteiger partial charge is 0.310 e. The first-order chi connectivity index (χ1) is 9.84. The maximum atomic E-state index is 3.80. The van der Waals surface area contributed by atoms with E-state index < -0.39 is 0 Å². The average molecular weight is 292 g/mol. The minimum atomic E-state index is 0.628. The third-order valence-electron chi connectivity index (χ3n) is 5.01. The number of hydrogen-bond donors (Lipinski definition) is 1. The highest BCUT2D eigenvalue weighted by Gasteiger charge is 2.21. The van der Waals surface area contributed by atoms with E-state index in [1.807, 2.05) is 11.3 Å². The van der Waals surface area contributed by atoms with Gasteiger partial charge in [-0.1, -0.05) is 6.42 Å². The quantitative estimate of drug-likeness (QED) is 0.826. The van der Waals surface area contributed by atoms with Gasteiger partial charge < -0.3 is 10.2 Å². The number of nitrogens with zero attached hydrogens (tertiary/aromatic N) is 1. The van der Waals surface area contributed by atoms with Crippen LogP contribution >= 0.6 is 11.3 Å². The van der Waals surface area contributed by atoms with E-state index in [0.29, 0.717) is 6.04 Å². The molecule has 1 fully saturated rings. The molecule has 2 nitrogen and oxygen atoms in total. The van der Waals surface area contributed by atoms with E-state index in [1.54, 1.807) is 10.4 Å². The molecule has 0 spiro atoms. The van der Waals surface area contributed by atoms with Crippen LogP contribution in [0.1, 0.15) is 61.9 Å². The molecule has 2 unspecified atom stereocenters. The lowest BCUT2D eigenvalue weighted by atomic mass is 9.94. The highest BCUT2D eigenvalue weighted by Crippen LogP contribution is 2.33. The molecule has 3 rings (SSSR count). The zero-order valence-corrected chi connectivity index (χ0v) is 13.6. The first kappa shape index (κ1) is 14.6. The van der Waals surface area contributed by atoms with Crippen LogP contribution < -0.4 is 5.32 Å². The van der Waals surface area contributed by atoms with Crippen molar-refractivity contribution in [1.29, 1.82) is 0 Å². The van der Waals surface area contributed by atoms with E-state index in [0.717, 1.165) is 6.04 Å². The molecule has 112 valence electrons. The monoisotopic (exact) mass is 292 g/mol. The summed E-state index contributed by atoms with van der Waals surface area (Å²) in [6.45, 7) is 6.16. The minimum absolute atomic E-state index is 0.628. The van der Waals surface area contributed by atoms with E-state index in [4.69, 9.17) is 0 Å². The molecule has 1 aromatic heterocycles. The van der Waals surface area contributed by atoms with Gasteiger partial charge in [-0.25, -0.2) is 0 Å². The van der Waals surface area contributed by atoms with Crippen LogP contribution in [0.4, 0.5) is 0 Å². The van der Waals surface area contributed by atoms with Crippen molar-refractivity contribution in [2.45, 2.75) is 64.0 Å². The summed E-state index contributed by atoms with van der Waals surface area (Å²) in [5, 5.41) is 6.06. The van der Waals surface area contributed by atoms with Gasteiger partial charge in [0, 0.05) is 17.0 Å². The Morgan fingerprint density at radius 1 is 1.30 bits per heavy atom. The van der Waals surface area contributed by atoms with Crippen molar-refractivity contribution in [2.75, 3.05) is 19.6 Å². The van der Waals surface area contributed by atoms with E-state index in [9.17, 15) is 0 Å². The molecule has 2 atom stereocenters. The van der Waals surface area contributed by atoms with Crippen molar-refractivity contribution in [3.8, 4) is 0 Å². The molecular weight excluding hydrogens is 264 g/mol. The smallest absolute Gasteiger partial charge is 0.0331 e. The third kappa shape index (κ3) is 3.44. The van der Waals surface area contributed by atoms with Gasteiger partial charge in [0.1, 0.15) is 0 Å². The fourth-order valence-corrected chi connectivity index (χ4v) is 4.73. The Bertz CT molecular complexity index is 415. The number of hydrogen-bond acceptors (Lipinski definition) is 3. The van der Waals surface area contributed by atoms with Crippen molar-refractivity contribution in [3.05, 3.63) is 21.9 Å². The van der Waals surface area contributed by atoms with Crippen LogP contribution in [-0.4, -0.2) is 30.6 Å². The summed E-state index contributed by atoms with van der Waals surface area (Å²) in [6, 6.07) is 3.77. The Morgan fingerprint density at radius 2 is 2.25 bits per heavy atom. The van der Waals surface area contributed by atoms with E-state index in [1.165, 1.54) is 64.6 Å². The van der Waals surface area contributed by atoms with Gasteiger partial charge in [-0.3, -0.25) is 0 Å². The zero-order chi connectivity index (χ0) is 13.8. The van der Waals surface area contributed by atoms with Crippen molar-refractivity contribution in [3.63, 3.8) is 0 Å². The predicted octanol–water partition coefficient (Wildman–Crippen LogP) is 3.98. The fourth-order valence-electron chi connectivity index (χ4n) is 3.75. The molecule has 20 heavy (non-hydrogen) atoms. The maximum Gasteiger partial charge on any atom is 0.0331 e. The summed E-state index contributed by atoms with van der Waals surface area (Å²) in [5.41, 5.74) is 1.59. The lowest BCUT2D eigenvalue weighted by Gasteiger charge is -2.33. The molecule has 2 aliphatic rings. The molecular formula is C17H28N2S. The molecule has 1 aromatic rings. The molecule has 0 amide bonds. The predicted molar refractivity (Wildman–Crippen MR) is 87.5 cm³/mol. The van der Waals surface area contributed by atoms with E-state index >= 15 is 0 Å². The molecule has 2 heterocycles. The Hall–Kier alpha value is -0.380. The molecule has 0 saturated carbocycles. The lowest BCUT2D eigenvalue weighted by molar-refractivity contribution is 0.158. The van der Waals surface area contributed by atoms with Crippen molar-refractivity contribution in [1.82, 2.24) is 10.2 Å². The molecule has 1 aliphatic carbocycles. The van der Waals surface area contributed by atoms with Gasteiger partial charge in [0.15, 0.2) is 0 Å². The number of aryl methyl sites for hydroxylation is 1. The summed E-state index contributed by atoms with van der Waals surface area (Å²) in [4.78, 5) is 4.31. The molecule has 1 N–H and O–H groups in total. The van der Waals surface area contributed by atoms with Crippen molar-refractivity contribution in [2.24, 2.45) is 0 Å². The van der Waals surface area contributed by atoms with E-state index in [2.05, 4.69) is 28.6 Å². The highest BCUT2D eigenvalue weighted by atomic mass is 32.1. The SMILES string of the molecule is CC1CCCCN1CCCNC1CCCc2sccc21. The summed E-state index contributed by atoms with van der Waals surface area (Å²) in [7, 11) is 0. The third-order valence-corrected chi connectivity index (χ3v) is 6.00. The maximum absolute atomic E-state index is 3.80. The average Bonchev–Trinajstić information content (AvgIpc) is 2.94. The first-order valence-corrected chi connectivity index (χ1v) is 9.26. The summed E-state index contributed by atoms with van der Waals surface area (Å²) in [6.07, 6.45) is 9.50. The summed E-state index contributed by atoms with van der Waals surface area (Å²) >= 11 is 1.94. The second-order valence-electron chi connectivity index (χ2n) is 6.43. The highest BCUT2D eigenvalue weighted by molar-refractivity contribution is 7.10. The number of piperidine rings is 1. The molecule has 1 saturated heterocycles. The minimum Gasteiger partial charge on any atom is -0.310 e. The van der Waals surface area contributed by atoms with Crippen molar-refractivity contribution >= 4 is 11.3 Å². The number of likely N-dealkylation sites (tertiary alicyclic amines) is 1. The lowest BCUT2D eigenvalue weighted by Crippen LogP contribution is -2.39. The van der Waals surface area contributed by atoms with Crippen LogP contribution in [0.25, 0.3) is 0 Å². The van der Waals surface area contributed by atoms with Crippen LogP contribution in [0.5, 0.6) is 0 Å². The topological polar surface area (TPSA) is 15.3 Å². The van der Waals surface area contributed by atoms with E-state index in [-0.39, 0.29) is 0 Å². The van der Waals surface area contributed by atoms with Crippen LogP contribution in [0.2, 0.25) is 0 Å². The number of nitrogens with one attached hydrogen (secondary N) is 1. The molecule has 1 aliphatic heterocycles. The molecule has 0 aromatic carbocycles. The second kappa shape index (κ2) is 7.06. The number of thiophene rings is 1. The molecule has 3 heteroatoms. The Morgan fingerprint density at radius 3 is 3.15 bits per heavy atom. The number of rotatable bonds is 5. The van der Waals surface area contributed by atoms with Gasteiger partial charge >= 0.3 is 0 Å². The van der Waals surface area contributed by atoms with Gasteiger partial charge in [-0.15, -0.1) is 11.3 Å². The van der Waals surface area contributed by atoms with Gasteiger partial charge in [0.05, 0.1) is 0 Å². The van der Waals surface area contributed by atoms with Crippen LogP contribution in [-0.2, 0) is 6.42 Å². The van der Waals surface area contributed by atoms with Gasteiger partial charge in [-0.2, -0.15) is 0 Å². The Labute approximate surface area is 127 Å². The molecule has 0 bridgehead atoms. The summed E-state index contributed by atoms with van der Waals surface area (Å²) < 4.78 is 0. The van der Waals surface area contributed by atoms with Crippen LogP contribution in [0, 0.1) is 0 Å². The van der Waals surface area contributed by atoms with Gasteiger partial charge in [0.2, 0.25) is 0 Å². The Balaban J connectivity index is 1.40. The number of fused-ring (bicyclic) bond motifs is 1. The van der Waals surface area contributed by atoms with Crippen LogP contribution in [0.15, 0.2) is 11.4 Å². The Kier molecular flexibility index (Phi) is 5.14. The molecule has 0 radical (unpaired) electrons. The zero-order valence-electron chi connectivity index (χ0n) is 12.7. The normalized spacial score (nSPS) is 27.4. The summed E-state index contributed by atoms with van der Waals surface area (Å²) in [5.74, 6) is 0. The second-order valence-corrected chi connectivity index (χ2v) is 7.43. The van der Waals surface area contributed by atoms with Gasteiger partial charge in [0.25, 0.3) is 0 Å². The van der Waals surface area contributed by atoms with Crippen molar-refractivity contribution < 1.29 is 0 Å². The fraction of sp³-hybridized carbons (Fsp3) is 0.765.